The van der Waals surface area contributed by atoms with Crippen molar-refractivity contribution >= 4 is 5.97 Å². The molecule has 0 aliphatic heterocycles. The summed E-state index contributed by atoms with van der Waals surface area (Å²) < 4.78 is 5.09. The number of hydrogen-bond acceptors (Lipinski definition) is 4. The molecule has 0 aromatic carbocycles. The summed E-state index contributed by atoms with van der Waals surface area (Å²) in [7, 11) is 0. The molecule has 1 rings (SSSR count). The third-order valence-electron chi connectivity index (χ3n) is 1.49. The van der Waals surface area contributed by atoms with Gasteiger partial charge in [-0.05, 0) is 12.1 Å². The van der Waals surface area contributed by atoms with Crippen molar-refractivity contribution in [3.63, 3.8) is 0 Å². The van der Waals surface area contributed by atoms with E-state index in [-0.39, 0.29) is 13.0 Å². The number of nitrogens with zero attached hydrogens (tertiary/aromatic N) is 1. The highest BCUT2D eigenvalue weighted by atomic mass is 16.5. The Hall–Kier alpha value is -1.62. The Morgan fingerprint density at radius 1 is 1.64 bits per heavy atom. The van der Waals surface area contributed by atoms with Gasteiger partial charge in [-0.15, -0.1) is 0 Å². The zero-order chi connectivity index (χ0) is 10.4. The summed E-state index contributed by atoms with van der Waals surface area (Å²) >= 11 is 0. The molecule has 14 heavy (non-hydrogen) atoms. The molecule has 0 aliphatic carbocycles. The SMILES string of the molecule is O=C(O)CC(O)COc1cccnc1. The van der Waals surface area contributed by atoms with Gasteiger partial charge >= 0.3 is 5.97 Å². The van der Waals surface area contributed by atoms with Crippen LogP contribution < -0.4 is 4.74 Å². The second-order valence-electron chi connectivity index (χ2n) is 2.75. The molecule has 5 heteroatoms. The summed E-state index contributed by atoms with van der Waals surface area (Å²) in [6.45, 7) is -0.0437. The molecule has 0 saturated carbocycles. The maximum absolute atomic E-state index is 10.2. The fourth-order valence-electron chi connectivity index (χ4n) is 0.885. The number of ether oxygens (including phenoxy) is 1. The molecule has 1 heterocycles. The van der Waals surface area contributed by atoms with Crippen LogP contribution in [0.5, 0.6) is 5.75 Å². The smallest absolute Gasteiger partial charge is 0.306 e. The molecule has 0 spiro atoms. The molecule has 0 amide bonds. The maximum Gasteiger partial charge on any atom is 0.306 e. The second kappa shape index (κ2) is 5.18. The predicted octanol–water partition coefficient (Wildman–Crippen LogP) is 0.296. The zero-order valence-electron chi connectivity index (χ0n) is 7.46. The van der Waals surface area contributed by atoms with E-state index in [4.69, 9.17) is 14.9 Å². The maximum atomic E-state index is 10.2. The largest absolute Gasteiger partial charge is 0.489 e. The highest BCUT2D eigenvalue weighted by Gasteiger charge is 2.09. The number of carbonyl (C=O) groups is 1. The van der Waals surface area contributed by atoms with Crippen LogP contribution in [-0.2, 0) is 4.79 Å². The lowest BCUT2D eigenvalue weighted by molar-refractivity contribution is -0.139. The average Bonchev–Trinajstić information content (AvgIpc) is 2.15. The van der Waals surface area contributed by atoms with Crippen molar-refractivity contribution in [3.05, 3.63) is 24.5 Å². The summed E-state index contributed by atoms with van der Waals surface area (Å²) in [6.07, 6.45) is 1.78. The summed E-state index contributed by atoms with van der Waals surface area (Å²) in [5, 5.41) is 17.5. The Balaban J connectivity index is 2.30. The van der Waals surface area contributed by atoms with E-state index in [1.165, 1.54) is 6.20 Å². The van der Waals surface area contributed by atoms with Gasteiger partial charge in [-0.3, -0.25) is 9.78 Å². The van der Waals surface area contributed by atoms with Gasteiger partial charge in [-0.25, -0.2) is 0 Å². The van der Waals surface area contributed by atoms with Gasteiger partial charge in [0.15, 0.2) is 0 Å². The predicted molar refractivity (Wildman–Crippen MR) is 48.0 cm³/mol. The van der Waals surface area contributed by atoms with Gasteiger partial charge < -0.3 is 14.9 Å². The van der Waals surface area contributed by atoms with Gasteiger partial charge in [0.05, 0.1) is 18.7 Å². The fourth-order valence-corrected chi connectivity index (χ4v) is 0.885. The number of hydrogen-bond donors (Lipinski definition) is 2. The van der Waals surface area contributed by atoms with Crippen LogP contribution in [0, 0.1) is 0 Å². The van der Waals surface area contributed by atoms with Crippen molar-refractivity contribution in [2.45, 2.75) is 12.5 Å². The molecule has 0 saturated heterocycles. The van der Waals surface area contributed by atoms with E-state index in [1.807, 2.05) is 0 Å². The number of carboxylic acids is 1. The van der Waals surface area contributed by atoms with Crippen LogP contribution in [0.2, 0.25) is 0 Å². The minimum absolute atomic E-state index is 0.0437. The molecule has 2 N–H and O–H groups in total. The number of aliphatic hydroxyl groups is 1. The Kier molecular flexibility index (Phi) is 3.87. The number of pyridine rings is 1. The van der Waals surface area contributed by atoms with Crippen molar-refractivity contribution in [1.82, 2.24) is 4.98 Å². The monoisotopic (exact) mass is 197 g/mol. The van der Waals surface area contributed by atoms with E-state index in [9.17, 15) is 4.79 Å². The van der Waals surface area contributed by atoms with Gasteiger partial charge in [-0.2, -0.15) is 0 Å². The first-order valence-corrected chi connectivity index (χ1v) is 4.11. The minimum Gasteiger partial charge on any atom is -0.489 e. The van der Waals surface area contributed by atoms with E-state index >= 15 is 0 Å². The van der Waals surface area contributed by atoms with E-state index in [2.05, 4.69) is 4.98 Å². The minimum atomic E-state index is -1.05. The van der Waals surface area contributed by atoms with Crippen LogP contribution in [0.4, 0.5) is 0 Å². The summed E-state index contributed by atoms with van der Waals surface area (Å²) in [5.74, 6) is -0.538. The van der Waals surface area contributed by atoms with E-state index in [0.29, 0.717) is 5.75 Å². The second-order valence-corrected chi connectivity index (χ2v) is 2.75. The third-order valence-corrected chi connectivity index (χ3v) is 1.49. The van der Waals surface area contributed by atoms with Gasteiger partial charge in [0.25, 0.3) is 0 Å². The van der Waals surface area contributed by atoms with Gasteiger partial charge in [-0.1, -0.05) is 0 Å². The molecule has 0 fully saturated rings. The molecule has 5 nitrogen and oxygen atoms in total. The third kappa shape index (κ3) is 3.86. The zero-order valence-corrected chi connectivity index (χ0v) is 7.46. The fraction of sp³-hybridized carbons (Fsp3) is 0.333. The van der Waals surface area contributed by atoms with Crippen molar-refractivity contribution in [2.24, 2.45) is 0 Å². The molecular weight excluding hydrogens is 186 g/mol. The highest BCUT2D eigenvalue weighted by Crippen LogP contribution is 2.06. The summed E-state index contributed by atoms with van der Waals surface area (Å²) in [6, 6.07) is 3.37. The Labute approximate surface area is 81.0 Å². The van der Waals surface area contributed by atoms with Crippen LogP contribution in [-0.4, -0.2) is 33.9 Å². The molecule has 1 unspecified atom stereocenters. The molecule has 1 aromatic heterocycles. The van der Waals surface area contributed by atoms with Crippen LogP contribution in [0.25, 0.3) is 0 Å². The van der Waals surface area contributed by atoms with Crippen LogP contribution in [0.15, 0.2) is 24.5 Å². The lowest BCUT2D eigenvalue weighted by Gasteiger charge is -2.09. The Morgan fingerprint density at radius 3 is 3.00 bits per heavy atom. The van der Waals surface area contributed by atoms with Crippen LogP contribution >= 0.6 is 0 Å². The Bertz CT molecular complexity index is 288. The van der Waals surface area contributed by atoms with Crippen molar-refractivity contribution < 1.29 is 19.7 Å². The lowest BCUT2D eigenvalue weighted by atomic mass is 10.3. The number of aliphatic hydroxyl groups excluding tert-OH is 1. The Morgan fingerprint density at radius 2 is 2.43 bits per heavy atom. The summed E-state index contributed by atoms with van der Waals surface area (Å²) in [4.78, 5) is 14.0. The first-order valence-electron chi connectivity index (χ1n) is 4.11. The lowest BCUT2D eigenvalue weighted by Crippen LogP contribution is -2.21. The molecule has 76 valence electrons. The van der Waals surface area contributed by atoms with Crippen molar-refractivity contribution in [1.29, 1.82) is 0 Å². The molecular formula is C9H11NO4. The molecule has 0 aliphatic rings. The van der Waals surface area contributed by atoms with Gasteiger partial charge in [0, 0.05) is 6.20 Å². The molecule has 1 atom stereocenters. The van der Waals surface area contributed by atoms with E-state index in [0.717, 1.165) is 0 Å². The number of aromatic nitrogens is 1. The standard InChI is InChI=1S/C9H11NO4/c11-7(4-9(12)13)6-14-8-2-1-3-10-5-8/h1-3,5,7,11H,4,6H2,(H,12,13). The average molecular weight is 197 g/mol. The van der Waals surface area contributed by atoms with E-state index in [1.54, 1.807) is 18.3 Å². The molecule has 1 aromatic rings. The normalized spacial score (nSPS) is 12.1. The first kappa shape index (κ1) is 10.5. The van der Waals surface area contributed by atoms with E-state index < -0.39 is 12.1 Å². The van der Waals surface area contributed by atoms with Crippen molar-refractivity contribution in [3.8, 4) is 5.75 Å². The molecule has 0 bridgehead atoms. The van der Waals surface area contributed by atoms with Crippen LogP contribution in [0.1, 0.15) is 6.42 Å². The van der Waals surface area contributed by atoms with Gasteiger partial charge in [0.2, 0.25) is 0 Å². The highest BCUT2D eigenvalue weighted by molar-refractivity contribution is 5.67. The van der Waals surface area contributed by atoms with Crippen LogP contribution in [0.3, 0.4) is 0 Å². The quantitative estimate of drug-likeness (QED) is 0.709. The molecule has 0 radical (unpaired) electrons. The summed E-state index contributed by atoms with van der Waals surface area (Å²) in [5.41, 5.74) is 0. The van der Waals surface area contributed by atoms with Crippen molar-refractivity contribution in [2.75, 3.05) is 6.61 Å². The number of rotatable bonds is 5. The number of aliphatic carboxylic acids is 1. The number of carboxylic acid groups (broad SMARTS) is 1. The topological polar surface area (TPSA) is 79.7 Å². The first-order chi connectivity index (χ1) is 6.68. The van der Waals surface area contributed by atoms with Gasteiger partial charge in [0.1, 0.15) is 12.4 Å².